The zero-order valence-corrected chi connectivity index (χ0v) is 9.10. The quantitative estimate of drug-likeness (QED) is 0.816. The molecule has 0 radical (unpaired) electrons. The molecule has 17 heavy (non-hydrogen) atoms. The van der Waals surface area contributed by atoms with Crippen LogP contribution in [-0.2, 0) is 6.61 Å². The molecule has 1 aromatic heterocycles. The second-order valence-corrected chi connectivity index (χ2v) is 4.07. The van der Waals surface area contributed by atoms with Crippen LogP contribution < -0.4 is 4.74 Å². The van der Waals surface area contributed by atoms with E-state index in [0.717, 1.165) is 12.8 Å². The molecule has 1 heterocycles. The highest BCUT2D eigenvalue weighted by Gasteiger charge is 2.29. The largest absolute Gasteiger partial charge is 0.485 e. The third-order valence-corrected chi connectivity index (χ3v) is 2.57. The first kappa shape index (κ1) is 10.3. The van der Waals surface area contributed by atoms with E-state index in [1.54, 1.807) is 12.1 Å². The van der Waals surface area contributed by atoms with Crippen LogP contribution in [0.2, 0.25) is 0 Å². The fourth-order valence-electron chi connectivity index (χ4n) is 1.53. The maximum absolute atomic E-state index is 12.9. The summed E-state index contributed by atoms with van der Waals surface area (Å²) in [5, 5.41) is 3.81. The van der Waals surface area contributed by atoms with Gasteiger partial charge in [0, 0.05) is 12.0 Å². The SMILES string of the molecule is Fc1cccc(OCc2noc(C3CC3)n2)c1. The average molecular weight is 234 g/mol. The van der Waals surface area contributed by atoms with Crippen molar-refractivity contribution in [3.8, 4) is 5.75 Å². The van der Waals surface area contributed by atoms with Gasteiger partial charge < -0.3 is 9.26 Å². The van der Waals surface area contributed by atoms with Crippen molar-refractivity contribution in [2.75, 3.05) is 0 Å². The molecule has 0 atom stereocenters. The first-order valence-electron chi connectivity index (χ1n) is 5.52. The number of rotatable bonds is 4. The van der Waals surface area contributed by atoms with Crippen molar-refractivity contribution in [1.29, 1.82) is 0 Å². The first-order valence-corrected chi connectivity index (χ1v) is 5.52. The van der Waals surface area contributed by atoms with Gasteiger partial charge in [-0.05, 0) is 25.0 Å². The van der Waals surface area contributed by atoms with Crippen LogP contribution in [0.25, 0.3) is 0 Å². The van der Waals surface area contributed by atoms with E-state index in [1.807, 2.05) is 0 Å². The molecule has 0 N–H and O–H groups in total. The zero-order chi connectivity index (χ0) is 11.7. The first-order chi connectivity index (χ1) is 8.31. The van der Waals surface area contributed by atoms with Crippen LogP contribution in [0, 0.1) is 5.82 Å². The van der Waals surface area contributed by atoms with Gasteiger partial charge in [0.1, 0.15) is 11.6 Å². The highest BCUT2D eigenvalue weighted by atomic mass is 19.1. The van der Waals surface area contributed by atoms with Crippen LogP contribution in [0.15, 0.2) is 28.8 Å². The van der Waals surface area contributed by atoms with E-state index in [0.29, 0.717) is 23.4 Å². The van der Waals surface area contributed by atoms with E-state index in [4.69, 9.17) is 9.26 Å². The van der Waals surface area contributed by atoms with Gasteiger partial charge in [-0.3, -0.25) is 0 Å². The Kier molecular flexibility index (Phi) is 2.51. The summed E-state index contributed by atoms with van der Waals surface area (Å²) in [6, 6.07) is 5.97. The standard InChI is InChI=1S/C12H11FN2O2/c13-9-2-1-3-10(6-9)16-7-11-14-12(17-15-11)8-4-5-8/h1-3,6,8H,4-5,7H2. The Balaban J connectivity index is 1.62. The molecule has 1 saturated carbocycles. The van der Waals surface area contributed by atoms with E-state index >= 15 is 0 Å². The average Bonchev–Trinajstić information content (AvgIpc) is 3.07. The Bertz CT molecular complexity index is 523. The normalized spacial score (nSPS) is 14.9. The summed E-state index contributed by atoms with van der Waals surface area (Å²) < 4.78 is 23.3. The van der Waals surface area contributed by atoms with Crippen molar-refractivity contribution in [2.24, 2.45) is 0 Å². The third-order valence-electron chi connectivity index (χ3n) is 2.57. The summed E-state index contributed by atoms with van der Waals surface area (Å²) in [4.78, 5) is 4.21. The van der Waals surface area contributed by atoms with Gasteiger partial charge in [0.25, 0.3) is 0 Å². The lowest BCUT2D eigenvalue weighted by molar-refractivity contribution is 0.284. The molecule has 4 nitrogen and oxygen atoms in total. The maximum atomic E-state index is 12.9. The van der Waals surface area contributed by atoms with E-state index in [2.05, 4.69) is 10.1 Å². The molecule has 1 aromatic carbocycles. The lowest BCUT2D eigenvalue weighted by atomic mass is 10.3. The summed E-state index contributed by atoms with van der Waals surface area (Å²) in [5.41, 5.74) is 0. The van der Waals surface area contributed by atoms with E-state index in [1.165, 1.54) is 12.1 Å². The molecule has 88 valence electrons. The Labute approximate surface area is 97.4 Å². The highest BCUT2D eigenvalue weighted by Crippen LogP contribution is 2.38. The van der Waals surface area contributed by atoms with Crippen LogP contribution in [0.5, 0.6) is 5.75 Å². The number of halogens is 1. The molecule has 0 bridgehead atoms. The monoisotopic (exact) mass is 234 g/mol. The summed E-state index contributed by atoms with van der Waals surface area (Å²) in [7, 11) is 0. The van der Waals surface area contributed by atoms with Gasteiger partial charge in [0.2, 0.25) is 11.7 Å². The fourth-order valence-corrected chi connectivity index (χ4v) is 1.53. The summed E-state index contributed by atoms with van der Waals surface area (Å²) in [5.74, 6) is 1.75. The molecule has 0 saturated heterocycles. The van der Waals surface area contributed by atoms with E-state index < -0.39 is 0 Å². The molecular weight excluding hydrogens is 223 g/mol. The van der Waals surface area contributed by atoms with Gasteiger partial charge in [-0.1, -0.05) is 11.2 Å². The maximum Gasteiger partial charge on any atom is 0.229 e. The van der Waals surface area contributed by atoms with Gasteiger partial charge in [0.15, 0.2) is 6.61 Å². The number of hydrogen-bond acceptors (Lipinski definition) is 4. The van der Waals surface area contributed by atoms with E-state index in [-0.39, 0.29) is 12.4 Å². The Morgan fingerprint density at radius 2 is 2.29 bits per heavy atom. The Morgan fingerprint density at radius 1 is 1.41 bits per heavy atom. The summed E-state index contributed by atoms with van der Waals surface area (Å²) in [6.45, 7) is 0.194. The summed E-state index contributed by atoms with van der Waals surface area (Å²) in [6.07, 6.45) is 2.23. The molecule has 0 amide bonds. The van der Waals surface area contributed by atoms with Crippen LogP contribution >= 0.6 is 0 Å². The molecule has 1 aliphatic carbocycles. The minimum Gasteiger partial charge on any atom is -0.485 e. The van der Waals surface area contributed by atoms with Gasteiger partial charge in [-0.15, -0.1) is 0 Å². The van der Waals surface area contributed by atoms with E-state index in [9.17, 15) is 4.39 Å². The molecule has 0 spiro atoms. The predicted molar refractivity (Wildman–Crippen MR) is 57.0 cm³/mol. The molecule has 2 aromatic rings. The van der Waals surface area contributed by atoms with Crippen LogP contribution in [0.3, 0.4) is 0 Å². The molecule has 3 rings (SSSR count). The van der Waals surface area contributed by atoms with Gasteiger partial charge in [0.05, 0.1) is 0 Å². The molecule has 1 aliphatic rings. The second kappa shape index (κ2) is 4.16. The van der Waals surface area contributed by atoms with Crippen molar-refractivity contribution in [2.45, 2.75) is 25.4 Å². The third kappa shape index (κ3) is 2.43. The van der Waals surface area contributed by atoms with Gasteiger partial charge in [-0.25, -0.2) is 4.39 Å². The minimum atomic E-state index is -0.325. The van der Waals surface area contributed by atoms with Crippen molar-refractivity contribution in [1.82, 2.24) is 10.1 Å². The van der Waals surface area contributed by atoms with Crippen LogP contribution in [0.1, 0.15) is 30.5 Å². The number of ether oxygens (including phenoxy) is 1. The number of aromatic nitrogens is 2. The van der Waals surface area contributed by atoms with Crippen LogP contribution in [0.4, 0.5) is 4.39 Å². The van der Waals surface area contributed by atoms with Crippen molar-refractivity contribution in [3.63, 3.8) is 0 Å². The zero-order valence-electron chi connectivity index (χ0n) is 9.10. The second-order valence-electron chi connectivity index (χ2n) is 4.07. The molecule has 0 unspecified atom stereocenters. The number of benzene rings is 1. The Morgan fingerprint density at radius 3 is 3.06 bits per heavy atom. The fraction of sp³-hybridized carbons (Fsp3) is 0.333. The Hall–Kier alpha value is -1.91. The van der Waals surface area contributed by atoms with Crippen LogP contribution in [-0.4, -0.2) is 10.1 Å². The molecule has 0 aliphatic heterocycles. The lowest BCUT2D eigenvalue weighted by Gasteiger charge is -2.02. The number of nitrogens with zero attached hydrogens (tertiary/aromatic N) is 2. The molecule has 5 heteroatoms. The van der Waals surface area contributed by atoms with Gasteiger partial charge >= 0.3 is 0 Å². The molecular formula is C12H11FN2O2. The topological polar surface area (TPSA) is 48.2 Å². The van der Waals surface area contributed by atoms with Crippen molar-refractivity contribution >= 4 is 0 Å². The predicted octanol–water partition coefficient (Wildman–Crippen LogP) is 2.67. The van der Waals surface area contributed by atoms with Gasteiger partial charge in [-0.2, -0.15) is 4.98 Å². The minimum absolute atomic E-state index is 0.194. The molecule has 1 fully saturated rings. The van der Waals surface area contributed by atoms with Crippen molar-refractivity contribution in [3.05, 3.63) is 41.8 Å². The number of hydrogen-bond donors (Lipinski definition) is 0. The highest BCUT2D eigenvalue weighted by molar-refractivity contribution is 5.22. The smallest absolute Gasteiger partial charge is 0.229 e. The van der Waals surface area contributed by atoms with Crippen molar-refractivity contribution < 1.29 is 13.7 Å². The summed E-state index contributed by atoms with van der Waals surface area (Å²) >= 11 is 0. The lowest BCUT2D eigenvalue weighted by Crippen LogP contribution is -1.97.